The van der Waals surface area contributed by atoms with Crippen molar-refractivity contribution in [3.05, 3.63) is 164 Å². The first-order valence-electron chi connectivity index (χ1n) is 16.4. The highest BCUT2D eigenvalue weighted by molar-refractivity contribution is 7.26. The van der Waals surface area contributed by atoms with Crippen LogP contribution in [0.4, 0.5) is 0 Å². The molecule has 0 radical (unpaired) electrons. The van der Waals surface area contributed by atoms with E-state index in [-0.39, 0.29) is 0 Å². The van der Waals surface area contributed by atoms with Crippen LogP contribution in [0.3, 0.4) is 0 Å². The molecule has 0 aliphatic rings. The molecule has 0 aliphatic heterocycles. The fourth-order valence-corrected chi connectivity index (χ4v) is 8.36. The molecule has 3 nitrogen and oxygen atoms in total. The van der Waals surface area contributed by atoms with E-state index in [0.717, 1.165) is 44.5 Å². The van der Waals surface area contributed by atoms with Gasteiger partial charge in [-0.05, 0) is 29.3 Å². The Morgan fingerprint density at radius 3 is 1.61 bits per heavy atom. The molecule has 0 spiro atoms. The third-order valence-corrected chi connectivity index (χ3v) is 10.7. The first-order chi connectivity index (χ1) is 24.3. The monoisotopic (exact) mass is 641 g/mol. The van der Waals surface area contributed by atoms with E-state index in [2.05, 4.69) is 152 Å². The predicted molar refractivity (Wildman–Crippen MR) is 207 cm³/mol. The molecular formula is C45H27N3S. The lowest BCUT2D eigenvalue weighted by Gasteiger charge is -2.13. The minimum atomic E-state index is 0.715. The van der Waals surface area contributed by atoms with Crippen LogP contribution in [-0.2, 0) is 0 Å². The topological polar surface area (TPSA) is 38.7 Å². The number of hydrogen-bond donors (Lipinski definition) is 0. The van der Waals surface area contributed by atoms with E-state index >= 15 is 0 Å². The summed E-state index contributed by atoms with van der Waals surface area (Å²) < 4.78 is 2.62. The van der Waals surface area contributed by atoms with Crippen molar-refractivity contribution in [3.8, 4) is 45.0 Å². The summed E-state index contributed by atoms with van der Waals surface area (Å²) in [5, 5.41) is 7.26. The number of aromatic nitrogens is 3. The average Bonchev–Trinajstić information content (AvgIpc) is 3.56. The van der Waals surface area contributed by atoms with Gasteiger partial charge in [-0.25, -0.2) is 15.0 Å². The molecule has 0 amide bonds. The molecule has 4 heteroatoms. The number of para-hydroxylation sites is 2. The van der Waals surface area contributed by atoms with Gasteiger partial charge in [-0.3, -0.25) is 0 Å². The van der Waals surface area contributed by atoms with E-state index in [0.29, 0.717) is 5.82 Å². The van der Waals surface area contributed by atoms with Gasteiger partial charge in [0.1, 0.15) is 0 Å². The molecule has 3 heterocycles. The Morgan fingerprint density at radius 1 is 0.327 bits per heavy atom. The summed E-state index contributed by atoms with van der Waals surface area (Å²) in [4.78, 5) is 15.4. The van der Waals surface area contributed by atoms with Crippen molar-refractivity contribution in [3.63, 3.8) is 0 Å². The van der Waals surface area contributed by atoms with Crippen molar-refractivity contribution in [2.45, 2.75) is 0 Å². The molecule has 0 unspecified atom stereocenters. The second-order valence-corrected chi connectivity index (χ2v) is 13.4. The van der Waals surface area contributed by atoms with Crippen LogP contribution in [-0.4, -0.2) is 15.0 Å². The average molecular weight is 642 g/mol. The highest BCUT2D eigenvalue weighted by atomic mass is 32.1. The summed E-state index contributed by atoms with van der Waals surface area (Å²) >= 11 is 1.87. The molecule has 0 atom stereocenters. The summed E-state index contributed by atoms with van der Waals surface area (Å²) in [6.45, 7) is 0. The van der Waals surface area contributed by atoms with Crippen LogP contribution in [0.1, 0.15) is 0 Å². The normalized spacial score (nSPS) is 11.7. The maximum absolute atomic E-state index is 5.25. The predicted octanol–water partition coefficient (Wildman–Crippen LogP) is 12.4. The molecule has 0 aliphatic carbocycles. The molecule has 10 aromatic rings. The Balaban J connectivity index is 1.10. The largest absolute Gasteiger partial charge is 0.247 e. The van der Waals surface area contributed by atoms with E-state index < -0.39 is 0 Å². The lowest BCUT2D eigenvalue weighted by atomic mass is 9.97. The minimum absolute atomic E-state index is 0.715. The number of nitrogens with zero attached hydrogens (tertiary/aromatic N) is 3. The Labute approximate surface area is 286 Å². The zero-order valence-corrected chi connectivity index (χ0v) is 27.2. The molecule has 0 saturated carbocycles. The van der Waals surface area contributed by atoms with E-state index in [1.165, 1.54) is 47.5 Å². The van der Waals surface area contributed by atoms with E-state index in [9.17, 15) is 0 Å². The third-order valence-electron chi connectivity index (χ3n) is 9.49. The number of pyridine rings is 1. The van der Waals surface area contributed by atoms with Crippen molar-refractivity contribution < 1.29 is 0 Å². The lowest BCUT2D eigenvalue weighted by Crippen LogP contribution is -1.95. The Morgan fingerprint density at radius 2 is 0.857 bits per heavy atom. The second kappa shape index (κ2) is 11.2. The fraction of sp³-hybridized carbons (Fsp3) is 0. The van der Waals surface area contributed by atoms with Gasteiger partial charge in [0.05, 0.1) is 22.4 Å². The van der Waals surface area contributed by atoms with Gasteiger partial charge in [-0.1, -0.05) is 146 Å². The fourth-order valence-electron chi connectivity index (χ4n) is 7.09. The zero-order valence-electron chi connectivity index (χ0n) is 26.3. The van der Waals surface area contributed by atoms with Gasteiger partial charge in [0, 0.05) is 58.4 Å². The minimum Gasteiger partial charge on any atom is -0.247 e. The summed E-state index contributed by atoms with van der Waals surface area (Å²) in [6.07, 6.45) is 0. The summed E-state index contributed by atoms with van der Waals surface area (Å²) in [7, 11) is 0. The van der Waals surface area contributed by atoms with Gasteiger partial charge in [-0.15, -0.1) is 11.3 Å². The highest BCUT2D eigenvalue weighted by Gasteiger charge is 2.17. The van der Waals surface area contributed by atoms with Crippen LogP contribution in [0.2, 0.25) is 0 Å². The Kier molecular flexibility index (Phi) is 6.36. The number of thiophene rings is 1. The van der Waals surface area contributed by atoms with Crippen molar-refractivity contribution in [1.82, 2.24) is 15.0 Å². The number of fused-ring (bicyclic) bond motifs is 8. The second-order valence-electron chi connectivity index (χ2n) is 12.4. The van der Waals surface area contributed by atoms with Crippen molar-refractivity contribution in [1.29, 1.82) is 0 Å². The smallest absolute Gasteiger partial charge is 0.160 e. The lowest BCUT2D eigenvalue weighted by molar-refractivity contribution is 1.23. The summed E-state index contributed by atoms with van der Waals surface area (Å²) in [5.41, 5.74) is 9.31. The van der Waals surface area contributed by atoms with Gasteiger partial charge >= 0.3 is 0 Å². The Hall–Kier alpha value is -6.23. The number of hydrogen-bond acceptors (Lipinski definition) is 4. The molecule has 0 fully saturated rings. The molecule has 10 rings (SSSR count). The van der Waals surface area contributed by atoms with Crippen molar-refractivity contribution in [2.24, 2.45) is 0 Å². The van der Waals surface area contributed by atoms with E-state index in [4.69, 9.17) is 15.0 Å². The summed E-state index contributed by atoms with van der Waals surface area (Å²) in [6, 6.07) is 57.7. The van der Waals surface area contributed by atoms with E-state index in [1.807, 2.05) is 23.5 Å². The van der Waals surface area contributed by atoms with Crippen LogP contribution < -0.4 is 0 Å². The maximum atomic E-state index is 5.25. The number of benzene rings is 7. The van der Waals surface area contributed by atoms with Crippen LogP contribution in [0.25, 0.3) is 97.8 Å². The van der Waals surface area contributed by atoms with Gasteiger partial charge in [-0.2, -0.15) is 0 Å². The van der Waals surface area contributed by atoms with Crippen LogP contribution in [0, 0.1) is 0 Å². The highest BCUT2D eigenvalue weighted by Crippen LogP contribution is 2.43. The quantitative estimate of drug-likeness (QED) is 0.180. The van der Waals surface area contributed by atoms with Gasteiger partial charge in [0.2, 0.25) is 0 Å². The molecule has 0 saturated heterocycles. The molecule has 0 bridgehead atoms. The molecular weight excluding hydrogens is 615 g/mol. The molecule has 228 valence electrons. The standard InChI is InChI=1S/C45H27N3S/c1-2-10-28(11-3-1)29-18-24-32(25-19-29)45-47-39-16-8-5-14-36(39)42(48-45)30-20-22-31(23-21-30)43-37-27-26-34-33-12-6-9-17-40(33)49-44(34)41(37)35-13-4-7-15-38(35)46-43/h1-27H. The first-order valence-corrected chi connectivity index (χ1v) is 17.3. The van der Waals surface area contributed by atoms with Gasteiger partial charge in [0.25, 0.3) is 0 Å². The van der Waals surface area contributed by atoms with Crippen molar-refractivity contribution in [2.75, 3.05) is 0 Å². The Bertz CT molecular complexity index is 2860. The first kappa shape index (κ1) is 27.8. The molecule has 0 N–H and O–H groups in total. The zero-order chi connectivity index (χ0) is 32.3. The van der Waals surface area contributed by atoms with Crippen molar-refractivity contribution >= 4 is 64.1 Å². The van der Waals surface area contributed by atoms with Gasteiger partial charge < -0.3 is 0 Å². The van der Waals surface area contributed by atoms with Crippen LogP contribution in [0.15, 0.2) is 164 Å². The van der Waals surface area contributed by atoms with Crippen LogP contribution in [0.5, 0.6) is 0 Å². The van der Waals surface area contributed by atoms with E-state index in [1.54, 1.807) is 0 Å². The SMILES string of the molecule is c1ccc(-c2ccc(-c3nc(-c4ccc(-c5nc6ccccc6c6c5ccc5c7ccccc7sc56)cc4)c4ccccc4n3)cc2)cc1. The number of rotatable bonds is 4. The maximum Gasteiger partial charge on any atom is 0.160 e. The van der Waals surface area contributed by atoms with Gasteiger partial charge in [0.15, 0.2) is 5.82 Å². The molecule has 3 aromatic heterocycles. The molecule has 49 heavy (non-hydrogen) atoms. The van der Waals surface area contributed by atoms with Crippen LogP contribution >= 0.6 is 11.3 Å². The summed E-state index contributed by atoms with van der Waals surface area (Å²) in [5.74, 6) is 0.715. The molecule has 7 aromatic carbocycles. The third kappa shape index (κ3) is 4.61.